The van der Waals surface area contributed by atoms with Gasteiger partial charge in [0.25, 0.3) is 0 Å². The molecule has 1 fully saturated rings. The molecule has 2 nitrogen and oxygen atoms in total. The van der Waals surface area contributed by atoms with Gasteiger partial charge in [-0.05, 0) is 55.6 Å². The molecule has 0 atom stereocenters. The van der Waals surface area contributed by atoms with E-state index in [4.69, 9.17) is 12.2 Å². The predicted octanol–water partition coefficient (Wildman–Crippen LogP) is 4.20. The summed E-state index contributed by atoms with van der Waals surface area (Å²) in [5.74, 6) is 0.821. The lowest BCUT2D eigenvalue weighted by atomic mass is 10.1. The average molecular weight is 246 g/mol. The standard InChI is InChI=1S/C14H18N2S/c1-10-6-7-13-12(8-10)15-14(17)16(13)9-11-4-2-3-5-11/h6-8,11H,2-5,9H2,1H3,(H,15,17). The smallest absolute Gasteiger partial charge is 0.178 e. The summed E-state index contributed by atoms with van der Waals surface area (Å²) < 4.78 is 3.15. The second-order valence-corrected chi connectivity index (χ2v) is 5.60. The molecule has 0 saturated heterocycles. The molecular formula is C14H18N2S. The van der Waals surface area contributed by atoms with Crippen LogP contribution in [0.2, 0.25) is 0 Å². The third kappa shape index (κ3) is 2.04. The molecule has 1 aliphatic rings. The van der Waals surface area contributed by atoms with Crippen LogP contribution in [0.15, 0.2) is 18.2 Å². The van der Waals surface area contributed by atoms with Crippen molar-refractivity contribution < 1.29 is 0 Å². The Hall–Kier alpha value is -1.09. The summed E-state index contributed by atoms with van der Waals surface area (Å²) in [6, 6.07) is 6.53. The number of imidazole rings is 1. The van der Waals surface area contributed by atoms with Gasteiger partial charge in [0.05, 0.1) is 11.0 Å². The fourth-order valence-corrected chi connectivity index (χ4v) is 3.19. The lowest BCUT2D eigenvalue weighted by molar-refractivity contribution is 0.461. The van der Waals surface area contributed by atoms with Crippen LogP contribution in [0.5, 0.6) is 0 Å². The number of nitrogens with zero attached hydrogens (tertiary/aromatic N) is 1. The normalized spacial score (nSPS) is 17.0. The predicted molar refractivity (Wildman–Crippen MR) is 73.8 cm³/mol. The SMILES string of the molecule is Cc1ccc2c(c1)[nH]c(=S)n2CC1CCCC1. The van der Waals surface area contributed by atoms with E-state index in [1.807, 2.05) is 0 Å². The minimum atomic E-state index is 0.821. The highest BCUT2D eigenvalue weighted by Gasteiger charge is 2.17. The van der Waals surface area contributed by atoms with Crippen LogP contribution in [-0.2, 0) is 6.54 Å². The zero-order valence-electron chi connectivity index (χ0n) is 10.2. The Labute approximate surface area is 107 Å². The molecule has 1 saturated carbocycles. The molecule has 90 valence electrons. The van der Waals surface area contributed by atoms with E-state index in [0.717, 1.165) is 17.2 Å². The molecule has 0 bridgehead atoms. The van der Waals surface area contributed by atoms with Crippen molar-refractivity contribution in [1.29, 1.82) is 0 Å². The second-order valence-electron chi connectivity index (χ2n) is 5.21. The van der Waals surface area contributed by atoms with Crippen molar-refractivity contribution in [3.8, 4) is 0 Å². The number of aromatic nitrogens is 2. The molecule has 0 unspecified atom stereocenters. The van der Waals surface area contributed by atoms with E-state index in [-0.39, 0.29) is 0 Å². The lowest BCUT2D eigenvalue weighted by Gasteiger charge is -2.10. The van der Waals surface area contributed by atoms with E-state index in [1.54, 1.807) is 0 Å². The van der Waals surface area contributed by atoms with Gasteiger partial charge in [0.15, 0.2) is 4.77 Å². The van der Waals surface area contributed by atoms with Gasteiger partial charge in [-0.25, -0.2) is 0 Å². The average Bonchev–Trinajstić information content (AvgIpc) is 2.88. The van der Waals surface area contributed by atoms with Crippen LogP contribution in [0.1, 0.15) is 31.2 Å². The molecule has 2 aromatic rings. The van der Waals surface area contributed by atoms with Gasteiger partial charge in [-0.3, -0.25) is 0 Å². The van der Waals surface area contributed by atoms with Crippen LogP contribution in [0.4, 0.5) is 0 Å². The summed E-state index contributed by atoms with van der Waals surface area (Å²) in [5.41, 5.74) is 3.71. The molecule has 0 spiro atoms. The van der Waals surface area contributed by atoms with Crippen molar-refractivity contribution in [3.63, 3.8) is 0 Å². The van der Waals surface area contributed by atoms with Crippen LogP contribution < -0.4 is 0 Å². The summed E-state index contributed by atoms with van der Waals surface area (Å²) >= 11 is 5.44. The molecular weight excluding hydrogens is 228 g/mol. The van der Waals surface area contributed by atoms with E-state index in [0.29, 0.717) is 0 Å². The number of hydrogen-bond acceptors (Lipinski definition) is 1. The largest absolute Gasteiger partial charge is 0.331 e. The minimum Gasteiger partial charge on any atom is -0.331 e. The Kier molecular flexibility index (Phi) is 2.79. The molecule has 1 aliphatic carbocycles. The highest BCUT2D eigenvalue weighted by molar-refractivity contribution is 7.71. The first kappa shape index (κ1) is 11.0. The molecule has 0 amide bonds. The lowest BCUT2D eigenvalue weighted by Crippen LogP contribution is -2.07. The third-order valence-corrected chi connectivity index (χ3v) is 4.17. The molecule has 3 rings (SSSR count). The van der Waals surface area contributed by atoms with Gasteiger partial charge in [-0.1, -0.05) is 18.9 Å². The first-order chi connectivity index (χ1) is 8.24. The number of fused-ring (bicyclic) bond motifs is 1. The van der Waals surface area contributed by atoms with Crippen molar-refractivity contribution in [1.82, 2.24) is 9.55 Å². The van der Waals surface area contributed by atoms with Gasteiger partial charge in [0, 0.05) is 6.54 Å². The summed E-state index contributed by atoms with van der Waals surface area (Å²) in [5, 5.41) is 0. The second kappa shape index (κ2) is 4.30. The Morgan fingerprint density at radius 3 is 2.88 bits per heavy atom. The van der Waals surface area contributed by atoms with Crippen molar-refractivity contribution in [2.24, 2.45) is 5.92 Å². The zero-order valence-corrected chi connectivity index (χ0v) is 11.0. The molecule has 3 heteroatoms. The first-order valence-electron chi connectivity index (χ1n) is 6.43. The van der Waals surface area contributed by atoms with E-state index < -0.39 is 0 Å². The minimum absolute atomic E-state index is 0.821. The van der Waals surface area contributed by atoms with Gasteiger partial charge >= 0.3 is 0 Å². The fourth-order valence-electron chi connectivity index (χ4n) is 2.91. The molecule has 1 N–H and O–H groups in total. The van der Waals surface area contributed by atoms with Crippen molar-refractivity contribution in [2.45, 2.75) is 39.2 Å². The summed E-state index contributed by atoms with van der Waals surface area (Å²) in [6.07, 6.45) is 5.50. The summed E-state index contributed by atoms with van der Waals surface area (Å²) in [4.78, 5) is 3.32. The van der Waals surface area contributed by atoms with Crippen molar-refractivity contribution in [2.75, 3.05) is 0 Å². The molecule has 17 heavy (non-hydrogen) atoms. The number of aromatic amines is 1. The van der Waals surface area contributed by atoms with Gasteiger partial charge in [0.1, 0.15) is 0 Å². The van der Waals surface area contributed by atoms with Gasteiger partial charge in [-0.15, -0.1) is 0 Å². The molecule has 0 aliphatic heterocycles. The fraction of sp³-hybridized carbons (Fsp3) is 0.500. The van der Waals surface area contributed by atoms with E-state index >= 15 is 0 Å². The van der Waals surface area contributed by atoms with Crippen molar-refractivity contribution in [3.05, 3.63) is 28.5 Å². The maximum Gasteiger partial charge on any atom is 0.178 e. The van der Waals surface area contributed by atoms with E-state index in [2.05, 4.69) is 34.7 Å². The Morgan fingerprint density at radius 1 is 1.35 bits per heavy atom. The molecule has 1 aromatic heterocycles. The Balaban J connectivity index is 2.02. The Morgan fingerprint density at radius 2 is 2.12 bits per heavy atom. The van der Waals surface area contributed by atoms with Gasteiger partial charge in [0.2, 0.25) is 0 Å². The number of benzene rings is 1. The maximum absolute atomic E-state index is 5.44. The van der Waals surface area contributed by atoms with Crippen LogP contribution in [0, 0.1) is 17.6 Å². The van der Waals surface area contributed by atoms with Crippen LogP contribution in [-0.4, -0.2) is 9.55 Å². The zero-order chi connectivity index (χ0) is 11.8. The number of H-pyrrole nitrogens is 1. The quantitative estimate of drug-likeness (QED) is 0.788. The topological polar surface area (TPSA) is 20.7 Å². The van der Waals surface area contributed by atoms with Crippen LogP contribution in [0.25, 0.3) is 11.0 Å². The maximum atomic E-state index is 5.44. The summed E-state index contributed by atoms with van der Waals surface area (Å²) in [7, 11) is 0. The van der Waals surface area contributed by atoms with E-state index in [1.165, 1.54) is 42.3 Å². The van der Waals surface area contributed by atoms with Gasteiger partial charge < -0.3 is 9.55 Å². The van der Waals surface area contributed by atoms with Crippen LogP contribution in [0.3, 0.4) is 0 Å². The highest BCUT2D eigenvalue weighted by Crippen LogP contribution is 2.27. The number of rotatable bonds is 2. The van der Waals surface area contributed by atoms with Crippen molar-refractivity contribution >= 4 is 23.3 Å². The third-order valence-electron chi connectivity index (χ3n) is 3.85. The molecule has 0 radical (unpaired) electrons. The molecule has 1 aromatic carbocycles. The Bertz CT molecular complexity index is 588. The van der Waals surface area contributed by atoms with Crippen LogP contribution >= 0.6 is 12.2 Å². The number of hydrogen-bond donors (Lipinski definition) is 1. The monoisotopic (exact) mass is 246 g/mol. The molecule has 1 heterocycles. The van der Waals surface area contributed by atoms with E-state index in [9.17, 15) is 0 Å². The first-order valence-corrected chi connectivity index (χ1v) is 6.84. The number of nitrogens with one attached hydrogen (secondary N) is 1. The summed E-state index contributed by atoms with van der Waals surface area (Å²) in [6.45, 7) is 3.20. The highest BCUT2D eigenvalue weighted by atomic mass is 32.1. The number of aryl methyl sites for hydroxylation is 1. The van der Waals surface area contributed by atoms with Gasteiger partial charge in [-0.2, -0.15) is 0 Å².